The Balaban J connectivity index is 1.20. The van der Waals surface area contributed by atoms with E-state index in [4.69, 9.17) is 4.99 Å². The maximum atomic E-state index is 5.06. The first-order valence-electron chi connectivity index (χ1n) is 14.5. The molecule has 7 rings (SSSR count). The van der Waals surface area contributed by atoms with Gasteiger partial charge in [0.25, 0.3) is 0 Å². The van der Waals surface area contributed by atoms with Crippen molar-refractivity contribution in [2.24, 2.45) is 4.99 Å². The Morgan fingerprint density at radius 1 is 0.595 bits per heavy atom. The molecule has 6 aromatic rings. The fraction of sp³-hybridized carbons (Fsp3) is 0.0750. The summed E-state index contributed by atoms with van der Waals surface area (Å²) in [5.41, 5.74) is 16.6. The fourth-order valence-corrected chi connectivity index (χ4v) is 5.94. The number of nitrogens with zero attached hydrogens (tertiary/aromatic N) is 1. The molecule has 0 amide bonds. The van der Waals surface area contributed by atoms with E-state index in [1.807, 2.05) is 0 Å². The molecule has 2 heteroatoms. The molecule has 0 saturated heterocycles. The maximum Gasteiger partial charge on any atom is 0.0668 e. The average Bonchev–Trinajstić information content (AvgIpc) is 3.18. The number of aryl methyl sites for hydroxylation is 1. The quantitative estimate of drug-likeness (QED) is 0.216. The molecule has 202 valence electrons. The molecular formula is C40H32N2. The lowest BCUT2D eigenvalue weighted by Crippen LogP contribution is -1.96. The molecule has 0 saturated carbocycles. The highest BCUT2D eigenvalue weighted by Gasteiger charge is 2.20. The van der Waals surface area contributed by atoms with Crippen LogP contribution in [0.1, 0.15) is 29.2 Å². The molecule has 0 spiro atoms. The molecule has 42 heavy (non-hydrogen) atoms. The number of fused-ring (bicyclic) bond motifs is 5. The van der Waals surface area contributed by atoms with Crippen LogP contribution in [0.4, 0.5) is 17.1 Å². The van der Waals surface area contributed by atoms with Gasteiger partial charge in [0.1, 0.15) is 0 Å². The Kier molecular flexibility index (Phi) is 6.73. The second-order valence-corrected chi connectivity index (χ2v) is 11.0. The monoisotopic (exact) mass is 540 g/mol. The highest BCUT2D eigenvalue weighted by Crippen LogP contribution is 2.46. The van der Waals surface area contributed by atoms with Gasteiger partial charge in [0.15, 0.2) is 0 Å². The van der Waals surface area contributed by atoms with Gasteiger partial charge < -0.3 is 5.32 Å². The van der Waals surface area contributed by atoms with Crippen molar-refractivity contribution in [2.45, 2.75) is 20.3 Å². The predicted molar refractivity (Wildman–Crippen MR) is 178 cm³/mol. The average molecular weight is 541 g/mol. The number of anilines is 2. The summed E-state index contributed by atoms with van der Waals surface area (Å²) < 4.78 is 0. The second-order valence-electron chi connectivity index (χ2n) is 11.0. The Hall–Kier alpha value is -5.21. The van der Waals surface area contributed by atoms with Crippen molar-refractivity contribution >= 4 is 22.8 Å². The Bertz CT molecular complexity index is 1930. The number of nitrogens with one attached hydrogen (secondary N) is 1. The number of benzene rings is 6. The van der Waals surface area contributed by atoms with Crippen LogP contribution in [0.15, 0.2) is 145 Å². The van der Waals surface area contributed by atoms with Gasteiger partial charge in [-0.15, -0.1) is 0 Å². The summed E-state index contributed by atoms with van der Waals surface area (Å²) in [6, 6.07) is 49.8. The molecule has 0 aliphatic carbocycles. The molecule has 1 heterocycles. The summed E-state index contributed by atoms with van der Waals surface area (Å²) in [5, 5.41) is 3.75. The van der Waals surface area contributed by atoms with Crippen LogP contribution >= 0.6 is 0 Å². The Labute approximate surface area is 248 Å². The van der Waals surface area contributed by atoms with Gasteiger partial charge in [0.05, 0.1) is 5.69 Å². The van der Waals surface area contributed by atoms with Gasteiger partial charge in [0.2, 0.25) is 0 Å². The van der Waals surface area contributed by atoms with Gasteiger partial charge in [-0.05, 0) is 83.0 Å². The van der Waals surface area contributed by atoms with Gasteiger partial charge in [-0.25, -0.2) is 0 Å². The van der Waals surface area contributed by atoms with Crippen molar-refractivity contribution in [1.82, 2.24) is 0 Å². The third kappa shape index (κ3) is 4.93. The first kappa shape index (κ1) is 25.7. The van der Waals surface area contributed by atoms with Crippen LogP contribution in [0.3, 0.4) is 0 Å². The number of aliphatic imine (C=N–C) groups is 1. The Morgan fingerprint density at radius 3 is 2.07 bits per heavy atom. The van der Waals surface area contributed by atoms with E-state index >= 15 is 0 Å². The normalized spacial score (nSPS) is 12.0. The number of hydrogen-bond donors (Lipinski definition) is 1. The molecular weight excluding hydrogens is 508 g/mol. The first-order chi connectivity index (χ1) is 20.6. The first-order valence-corrected chi connectivity index (χ1v) is 14.5. The van der Waals surface area contributed by atoms with E-state index in [-0.39, 0.29) is 0 Å². The van der Waals surface area contributed by atoms with Crippen LogP contribution in [0, 0.1) is 6.92 Å². The van der Waals surface area contributed by atoms with E-state index in [1.54, 1.807) is 0 Å². The summed E-state index contributed by atoms with van der Waals surface area (Å²) in [5.74, 6) is 0. The van der Waals surface area contributed by atoms with Gasteiger partial charge in [0, 0.05) is 28.2 Å². The number of hydrogen-bond acceptors (Lipinski definition) is 2. The van der Waals surface area contributed by atoms with Crippen molar-refractivity contribution in [3.05, 3.63) is 162 Å². The van der Waals surface area contributed by atoms with Crippen LogP contribution in [0.25, 0.3) is 33.4 Å². The zero-order valence-electron chi connectivity index (χ0n) is 23.9. The molecule has 0 radical (unpaired) electrons. The van der Waals surface area contributed by atoms with Crippen LogP contribution in [-0.4, -0.2) is 5.71 Å². The van der Waals surface area contributed by atoms with Crippen molar-refractivity contribution in [3.63, 3.8) is 0 Å². The molecule has 0 bridgehead atoms. The van der Waals surface area contributed by atoms with Crippen molar-refractivity contribution in [1.29, 1.82) is 0 Å². The SMILES string of the molecule is CC(=Nc1ccccc1Cc1ccccc1)c1ccc(-c2ccc3c(c2)-c2ccccc2-c2cccc(C)c2N3)cc1. The van der Waals surface area contributed by atoms with Crippen LogP contribution < -0.4 is 5.32 Å². The Morgan fingerprint density at radius 2 is 1.26 bits per heavy atom. The lowest BCUT2D eigenvalue weighted by molar-refractivity contribution is 1.18. The van der Waals surface area contributed by atoms with E-state index in [0.717, 1.165) is 29.1 Å². The third-order valence-corrected chi connectivity index (χ3v) is 8.21. The summed E-state index contributed by atoms with van der Waals surface area (Å²) in [6.45, 7) is 4.27. The summed E-state index contributed by atoms with van der Waals surface area (Å²) in [7, 11) is 0. The van der Waals surface area contributed by atoms with E-state index < -0.39 is 0 Å². The van der Waals surface area contributed by atoms with Gasteiger partial charge >= 0.3 is 0 Å². The zero-order chi connectivity index (χ0) is 28.5. The van der Waals surface area contributed by atoms with Crippen molar-refractivity contribution in [3.8, 4) is 33.4 Å². The molecule has 0 aromatic heterocycles. The van der Waals surface area contributed by atoms with Crippen LogP contribution in [0.2, 0.25) is 0 Å². The highest BCUT2D eigenvalue weighted by molar-refractivity contribution is 6.02. The molecule has 1 aliphatic heterocycles. The molecule has 2 nitrogen and oxygen atoms in total. The van der Waals surface area contributed by atoms with Crippen molar-refractivity contribution in [2.75, 3.05) is 5.32 Å². The van der Waals surface area contributed by atoms with Crippen molar-refractivity contribution < 1.29 is 0 Å². The van der Waals surface area contributed by atoms with Crippen LogP contribution in [0.5, 0.6) is 0 Å². The second kappa shape index (κ2) is 11.0. The number of rotatable bonds is 5. The largest absolute Gasteiger partial charge is 0.354 e. The summed E-state index contributed by atoms with van der Waals surface area (Å²) >= 11 is 0. The molecule has 0 unspecified atom stereocenters. The summed E-state index contributed by atoms with van der Waals surface area (Å²) in [4.78, 5) is 5.06. The number of para-hydroxylation sites is 2. The topological polar surface area (TPSA) is 24.4 Å². The van der Waals surface area contributed by atoms with E-state index in [9.17, 15) is 0 Å². The minimum absolute atomic E-state index is 0.869. The van der Waals surface area contributed by atoms with E-state index in [0.29, 0.717) is 0 Å². The lowest BCUT2D eigenvalue weighted by atomic mass is 9.92. The maximum absolute atomic E-state index is 5.06. The standard InChI is InChI=1S/C40H32N2/c1-27-11-10-17-36-34-15-7-8-16-35(34)37-26-32(23-24-39(37)42-40(27)36)31-21-19-30(20-22-31)28(2)41-38-18-9-6-14-33(38)25-29-12-4-3-5-13-29/h3-24,26,42H,25H2,1-2H3. The molecule has 0 fully saturated rings. The summed E-state index contributed by atoms with van der Waals surface area (Å²) in [6.07, 6.45) is 0.869. The molecule has 0 atom stereocenters. The minimum atomic E-state index is 0.869. The molecule has 1 N–H and O–H groups in total. The highest BCUT2D eigenvalue weighted by atomic mass is 14.9. The fourth-order valence-electron chi connectivity index (χ4n) is 5.94. The zero-order valence-corrected chi connectivity index (χ0v) is 23.9. The third-order valence-electron chi connectivity index (χ3n) is 8.21. The van der Waals surface area contributed by atoms with Gasteiger partial charge in [-0.1, -0.05) is 121 Å². The van der Waals surface area contributed by atoms with Crippen LogP contribution in [-0.2, 0) is 6.42 Å². The van der Waals surface area contributed by atoms with E-state index in [1.165, 1.54) is 55.8 Å². The van der Waals surface area contributed by atoms with Gasteiger partial charge in [-0.2, -0.15) is 0 Å². The molecule has 1 aliphatic rings. The predicted octanol–water partition coefficient (Wildman–Crippen LogP) is 10.8. The minimum Gasteiger partial charge on any atom is -0.354 e. The van der Waals surface area contributed by atoms with E-state index in [2.05, 4.69) is 159 Å². The molecule has 6 aromatic carbocycles. The lowest BCUT2D eigenvalue weighted by Gasteiger charge is -2.14. The smallest absolute Gasteiger partial charge is 0.0668 e. The van der Waals surface area contributed by atoms with Gasteiger partial charge in [-0.3, -0.25) is 4.99 Å².